The number of hydrogen-bond donors (Lipinski definition) is 1. The van der Waals surface area contributed by atoms with Gasteiger partial charge in [0.05, 0.1) is 0 Å². The Labute approximate surface area is 93.2 Å². The zero-order chi connectivity index (χ0) is 11.4. The van der Waals surface area contributed by atoms with E-state index in [9.17, 15) is 4.39 Å². The monoisotopic (exact) mass is 220 g/mol. The summed E-state index contributed by atoms with van der Waals surface area (Å²) < 4.78 is 15.6. The highest BCUT2D eigenvalue weighted by atomic mass is 19.1. The Balaban J connectivity index is 2.33. The standard InChI is InChI=1S/C11H13FN4/c1-2-13-7-9-3-4-15-11(10(9)12)16-6-5-14-8-16/h3-6,8,13H,2,7H2,1H3. The van der Waals surface area contributed by atoms with Crippen molar-refractivity contribution in [2.75, 3.05) is 6.54 Å². The molecule has 0 saturated heterocycles. The van der Waals surface area contributed by atoms with Crippen molar-refractivity contribution >= 4 is 0 Å². The molecule has 5 heteroatoms. The van der Waals surface area contributed by atoms with Gasteiger partial charge in [-0.2, -0.15) is 0 Å². The molecule has 2 rings (SSSR count). The predicted molar refractivity (Wildman–Crippen MR) is 58.7 cm³/mol. The Kier molecular flexibility index (Phi) is 3.26. The summed E-state index contributed by atoms with van der Waals surface area (Å²) in [5.74, 6) is -0.0191. The van der Waals surface area contributed by atoms with Crippen LogP contribution in [-0.2, 0) is 6.54 Å². The van der Waals surface area contributed by atoms with E-state index in [1.807, 2.05) is 6.92 Å². The molecule has 84 valence electrons. The Hall–Kier alpha value is -1.75. The van der Waals surface area contributed by atoms with Gasteiger partial charge >= 0.3 is 0 Å². The molecule has 0 amide bonds. The van der Waals surface area contributed by atoms with Crippen LogP contribution in [0.5, 0.6) is 0 Å². The minimum absolute atomic E-state index is 0.285. The highest BCUT2D eigenvalue weighted by Crippen LogP contribution is 2.13. The Morgan fingerprint density at radius 2 is 2.31 bits per heavy atom. The van der Waals surface area contributed by atoms with E-state index < -0.39 is 0 Å². The fraction of sp³-hybridized carbons (Fsp3) is 0.273. The number of halogens is 1. The average Bonchev–Trinajstić information content (AvgIpc) is 2.81. The van der Waals surface area contributed by atoms with Gasteiger partial charge in [-0.1, -0.05) is 6.92 Å². The fourth-order valence-corrected chi connectivity index (χ4v) is 1.43. The first kappa shape index (κ1) is 10.8. The summed E-state index contributed by atoms with van der Waals surface area (Å²) in [6.45, 7) is 3.30. The molecule has 0 radical (unpaired) electrons. The predicted octanol–water partition coefficient (Wildman–Crippen LogP) is 1.52. The zero-order valence-electron chi connectivity index (χ0n) is 9.02. The van der Waals surface area contributed by atoms with E-state index in [2.05, 4.69) is 15.3 Å². The summed E-state index contributed by atoms with van der Waals surface area (Å²) in [6, 6.07) is 1.68. The second kappa shape index (κ2) is 4.85. The first-order valence-electron chi connectivity index (χ1n) is 5.15. The molecular weight excluding hydrogens is 207 g/mol. The number of hydrogen-bond acceptors (Lipinski definition) is 3. The summed E-state index contributed by atoms with van der Waals surface area (Å²) >= 11 is 0. The molecule has 0 fully saturated rings. The maximum absolute atomic E-state index is 14.0. The maximum Gasteiger partial charge on any atom is 0.174 e. The minimum Gasteiger partial charge on any atom is -0.313 e. The van der Waals surface area contributed by atoms with Gasteiger partial charge in [0.2, 0.25) is 0 Å². The van der Waals surface area contributed by atoms with Gasteiger partial charge in [0.15, 0.2) is 11.6 Å². The normalized spacial score (nSPS) is 10.6. The highest BCUT2D eigenvalue weighted by molar-refractivity contribution is 5.30. The van der Waals surface area contributed by atoms with Crippen LogP contribution in [0.4, 0.5) is 4.39 Å². The molecule has 0 atom stereocenters. The van der Waals surface area contributed by atoms with Crippen molar-refractivity contribution in [3.05, 3.63) is 42.4 Å². The molecule has 0 aromatic carbocycles. The van der Waals surface area contributed by atoms with Gasteiger partial charge < -0.3 is 5.32 Å². The van der Waals surface area contributed by atoms with Gasteiger partial charge in [0, 0.05) is 30.7 Å². The molecule has 1 N–H and O–H groups in total. The van der Waals surface area contributed by atoms with E-state index in [-0.39, 0.29) is 11.6 Å². The Morgan fingerprint density at radius 3 is 3.00 bits per heavy atom. The molecule has 0 spiro atoms. The molecule has 2 aromatic rings. The van der Waals surface area contributed by atoms with E-state index in [1.54, 1.807) is 29.2 Å². The van der Waals surface area contributed by atoms with Crippen LogP contribution in [0.15, 0.2) is 31.0 Å². The molecule has 0 aliphatic heterocycles. The molecule has 0 unspecified atom stereocenters. The second-order valence-electron chi connectivity index (χ2n) is 3.36. The first-order chi connectivity index (χ1) is 7.83. The molecule has 0 aliphatic carbocycles. The van der Waals surface area contributed by atoms with Crippen LogP contribution in [0, 0.1) is 5.82 Å². The van der Waals surface area contributed by atoms with Crippen molar-refractivity contribution in [2.45, 2.75) is 13.5 Å². The summed E-state index contributed by atoms with van der Waals surface area (Å²) in [7, 11) is 0. The number of pyridine rings is 1. The number of imidazole rings is 1. The smallest absolute Gasteiger partial charge is 0.174 e. The van der Waals surface area contributed by atoms with Crippen molar-refractivity contribution in [3.63, 3.8) is 0 Å². The average molecular weight is 220 g/mol. The largest absolute Gasteiger partial charge is 0.313 e. The van der Waals surface area contributed by atoms with Crippen LogP contribution < -0.4 is 5.32 Å². The van der Waals surface area contributed by atoms with Gasteiger partial charge in [-0.15, -0.1) is 0 Å². The third-order valence-electron chi connectivity index (χ3n) is 2.27. The third kappa shape index (κ3) is 2.09. The van der Waals surface area contributed by atoms with Crippen molar-refractivity contribution < 1.29 is 4.39 Å². The number of nitrogens with one attached hydrogen (secondary N) is 1. The Bertz CT molecular complexity index is 453. The molecule has 2 aromatic heterocycles. The van der Waals surface area contributed by atoms with Crippen LogP contribution in [0.2, 0.25) is 0 Å². The third-order valence-corrected chi connectivity index (χ3v) is 2.27. The van der Waals surface area contributed by atoms with Crippen LogP contribution in [0.3, 0.4) is 0 Å². The van der Waals surface area contributed by atoms with Crippen molar-refractivity contribution in [1.29, 1.82) is 0 Å². The lowest BCUT2D eigenvalue weighted by Crippen LogP contribution is -2.14. The van der Waals surface area contributed by atoms with Gasteiger partial charge in [-0.3, -0.25) is 4.57 Å². The Morgan fingerprint density at radius 1 is 1.44 bits per heavy atom. The highest BCUT2D eigenvalue weighted by Gasteiger charge is 2.10. The lowest BCUT2D eigenvalue weighted by Gasteiger charge is -2.07. The summed E-state index contributed by atoms with van der Waals surface area (Å²) in [5, 5.41) is 3.09. The number of nitrogens with zero attached hydrogens (tertiary/aromatic N) is 3. The van der Waals surface area contributed by atoms with Crippen LogP contribution in [-0.4, -0.2) is 21.1 Å². The maximum atomic E-state index is 14.0. The number of rotatable bonds is 4. The molecule has 0 bridgehead atoms. The first-order valence-corrected chi connectivity index (χ1v) is 5.15. The van der Waals surface area contributed by atoms with Gasteiger partial charge in [-0.25, -0.2) is 14.4 Å². The van der Waals surface area contributed by atoms with E-state index in [0.29, 0.717) is 12.1 Å². The minimum atomic E-state index is -0.304. The SMILES string of the molecule is CCNCc1ccnc(-n2ccnc2)c1F. The summed E-state index contributed by atoms with van der Waals surface area (Å²) in [4.78, 5) is 7.88. The summed E-state index contributed by atoms with van der Waals surface area (Å²) in [6.07, 6.45) is 6.40. The lowest BCUT2D eigenvalue weighted by molar-refractivity contribution is 0.578. The number of aromatic nitrogens is 3. The molecule has 4 nitrogen and oxygen atoms in total. The van der Waals surface area contributed by atoms with E-state index >= 15 is 0 Å². The van der Waals surface area contributed by atoms with E-state index in [1.165, 1.54) is 6.33 Å². The summed E-state index contributed by atoms with van der Waals surface area (Å²) in [5.41, 5.74) is 0.612. The molecule has 0 saturated carbocycles. The van der Waals surface area contributed by atoms with Crippen molar-refractivity contribution in [1.82, 2.24) is 19.9 Å². The van der Waals surface area contributed by atoms with Crippen molar-refractivity contribution in [3.8, 4) is 5.82 Å². The van der Waals surface area contributed by atoms with E-state index in [0.717, 1.165) is 6.54 Å². The second-order valence-corrected chi connectivity index (χ2v) is 3.36. The van der Waals surface area contributed by atoms with Gasteiger partial charge in [0.25, 0.3) is 0 Å². The topological polar surface area (TPSA) is 42.7 Å². The molecular formula is C11H13FN4. The zero-order valence-corrected chi connectivity index (χ0v) is 9.02. The van der Waals surface area contributed by atoms with Crippen LogP contribution >= 0.6 is 0 Å². The van der Waals surface area contributed by atoms with Crippen LogP contribution in [0.25, 0.3) is 5.82 Å². The van der Waals surface area contributed by atoms with Crippen LogP contribution in [0.1, 0.15) is 12.5 Å². The fourth-order valence-electron chi connectivity index (χ4n) is 1.43. The van der Waals surface area contributed by atoms with Crippen molar-refractivity contribution in [2.24, 2.45) is 0 Å². The van der Waals surface area contributed by atoms with E-state index in [4.69, 9.17) is 0 Å². The molecule has 2 heterocycles. The molecule has 16 heavy (non-hydrogen) atoms. The van der Waals surface area contributed by atoms with Gasteiger partial charge in [-0.05, 0) is 12.6 Å². The lowest BCUT2D eigenvalue weighted by atomic mass is 10.2. The quantitative estimate of drug-likeness (QED) is 0.849. The van der Waals surface area contributed by atoms with Gasteiger partial charge in [0.1, 0.15) is 6.33 Å². The molecule has 0 aliphatic rings.